The van der Waals surface area contributed by atoms with Gasteiger partial charge in [-0.3, -0.25) is 19.8 Å². The first kappa shape index (κ1) is 14.7. The minimum Gasteiger partial charge on any atom is -0.296 e. The Bertz CT molecular complexity index is 514. The lowest BCUT2D eigenvalue weighted by molar-refractivity contribution is -0.384. The minimum atomic E-state index is -0.471. The van der Waals surface area contributed by atoms with Crippen LogP contribution >= 0.6 is 0 Å². The van der Waals surface area contributed by atoms with Crippen LogP contribution in [0.25, 0.3) is 0 Å². The quantitative estimate of drug-likeness (QED) is 0.471. The average Bonchev–Trinajstić information content (AvgIpc) is 2.87. The molecule has 1 aromatic carbocycles. The lowest BCUT2D eigenvalue weighted by Crippen LogP contribution is -2.28. The van der Waals surface area contributed by atoms with Crippen molar-refractivity contribution in [3.8, 4) is 0 Å². The van der Waals surface area contributed by atoms with Gasteiger partial charge in [0.25, 0.3) is 5.69 Å². The summed E-state index contributed by atoms with van der Waals surface area (Å²) in [5.41, 5.74) is 0.393. The molecular formula is C15H20N2O3. The summed E-state index contributed by atoms with van der Waals surface area (Å²) < 4.78 is 0. The van der Waals surface area contributed by atoms with Gasteiger partial charge in [0.1, 0.15) is 0 Å². The van der Waals surface area contributed by atoms with Gasteiger partial charge in [-0.05, 0) is 24.8 Å². The van der Waals surface area contributed by atoms with Gasteiger partial charge in [-0.15, -0.1) is 0 Å². The molecule has 1 aromatic rings. The molecule has 2 rings (SSSR count). The molecule has 5 heteroatoms. The Morgan fingerprint density at radius 1 is 1.50 bits per heavy atom. The van der Waals surface area contributed by atoms with Crippen molar-refractivity contribution in [3.63, 3.8) is 0 Å². The third-order valence-electron chi connectivity index (χ3n) is 4.00. The van der Waals surface area contributed by atoms with E-state index in [9.17, 15) is 14.9 Å². The maximum absolute atomic E-state index is 12.2. The zero-order valence-electron chi connectivity index (χ0n) is 11.9. The maximum atomic E-state index is 12.2. The Morgan fingerprint density at radius 2 is 2.25 bits per heavy atom. The largest absolute Gasteiger partial charge is 0.296 e. The van der Waals surface area contributed by atoms with Gasteiger partial charge in [0, 0.05) is 24.2 Å². The SMILES string of the molecule is CC(C)C1CCN(CC(=O)c2cccc([N+](=O)[O-])c2)C1. The summed E-state index contributed by atoms with van der Waals surface area (Å²) in [6.45, 7) is 6.64. The molecule has 1 unspecified atom stereocenters. The fourth-order valence-electron chi connectivity index (χ4n) is 2.64. The third kappa shape index (κ3) is 3.42. The molecule has 1 atom stereocenters. The van der Waals surface area contributed by atoms with Crippen molar-refractivity contribution in [2.75, 3.05) is 19.6 Å². The van der Waals surface area contributed by atoms with Crippen LogP contribution in [0.5, 0.6) is 0 Å². The van der Waals surface area contributed by atoms with E-state index < -0.39 is 4.92 Å². The number of nitro groups is 1. The number of carbonyl (C=O) groups excluding carboxylic acids is 1. The number of nitro benzene ring substituents is 1. The predicted octanol–water partition coefficient (Wildman–Crippen LogP) is 2.76. The highest BCUT2D eigenvalue weighted by Gasteiger charge is 2.26. The number of benzene rings is 1. The molecule has 5 nitrogen and oxygen atoms in total. The van der Waals surface area contributed by atoms with E-state index in [1.807, 2.05) is 0 Å². The van der Waals surface area contributed by atoms with Crippen LogP contribution in [0.2, 0.25) is 0 Å². The van der Waals surface area contributed by atoms with Crippen LogP contribution in [-0.4, -0.2) is 35.2 Å². The highest BCUT2D eigenvalue weighted by molar-refractivity contribution is 5.98. The third-order valence-corrected chi connectivity index (χ3v) is 4.00. The number of hydrogen-bond donors (Lipinski definition) is 0. The van der Waals surface area contributed by atoms with E-state index in [0.717, 1.165) is 19.5 Å². The van der Waals surface area contributed by atoms with E-state index in [-0.39, 0.29) is 11.5 Å². The molecule has 108 valence electrons. The fourth-order valence-corrected chi connectivity index (χ4v) is 2.64. The van der Waals surface area contributed by atoms with Gasteiger partial charge < -0.3 is 0 Å². The Hall–Kier alpha value is -1.75. The highest BCUT2D eigenvalue weighted by atomic mass is 16.6. The molecule has 0 amide bonds. The number of rotatable bonds is 5. The van der Waals surface area contributed by atoms with Crippen molar-refractivity contribution in [1.82, 2.24) is 4.90 Å². The number of carbonyl (C=O) groups is 1. The zero-order chi connectivity index (χ0) is 14.7. The summed E-state index contributed by atoms with van der Waals surface area (Å²) in [5.74, 6) is 1.24. The topological polar surface area (TPSA) is 63.5 Å². The van der Waals surface area contributed by atoms with Gasteiger partial charge >= 0.3 is 0 Å². The van der Waals surface area contributed by atoms with Crippen molar-refractivity contribution >= 4 is 11.5 Å². The van der Waals surface area contributed by atoms with Crippen molar-refractivity contribution in [1.29, 1.82) is 0 Å². The molecule has 1 fully saturated rings. The number of Topliss-reactive ketones (excluding diaryl/α,β-unsaturated/α-hetero) is 1. The van der Waals surface area contributed by atoms with Gasteiger partial charge in [0.05, 0.1) is 11.5 Å². The smallest absolute Gasteiger partial charge is 0.270 e. The molecule has 0 saturated carbocycles. The van der Waals surface area contributed by atoms with E-state index in [0.29, 0.717) is 23.9 Å². The van der Waals surface area contributed by atoms with Crippen molar-refractivity contribution in [2.24, 2.45) is 11.8 Å². The standard InChI is InChI=1S/C15H20N2O3/c1-11(2)13-6-7-16(9-13)10-15(18)12-4-3-5-14(8-12)17(19)20/h3-5,8,11,13H,6-7,9-10H2,1-2H3. The van der Waals surface area contributed by atoms with Crippen LogP contribution in [0, 0.1) is 22.0 Å². The fraction of sp³-hybridized carbons (Fsp3) is 0.533. The van der Waals surface area contributed by atoms with Crippen molar-refractivity contribution < 1.29 is 9.72 Å². The Labute approximate surface area is 118 Å². The zero-order valence-corrected chi connectivity index (χ0v) is 11.9. The maximum Gasteiger partial charge on any atom is 0.270 e. The van der Waals surface area contributed by atoms with Crippen LogP contribution in [0.3, 0.4) is 0 Å². The first-order valence-corrected chi connectivity index (χ1v) is 6.97. The monoisotopic (exact) mass is 276 g/mol. The lowest BCUT2D eigenvalue weighted by Gasteiger charge is -2.17. The molecule has 0 N–H and O–H groups in total. The van der Waals surface area contributed by atoms with E-state index in [1.54, 1.807) is 12.1 Å². The molecule has 1 aliphatic rings. The summed E-state index contributed by atoms with van der Waals surface area (Å²) in [6.07, 6.45) is 1.12. The number of ketones is 1. The molecular weight excluding hydrogens is 256 g/mol. The molecule has 0 aliphatic carbocycles. The average molecular weight is 276 g/mol. The Morgan fingerprint density at radius 3 is 2.85 bits per heavy atom. The molecule has 1 saturated heterocycles. The molecule has 0 bridgehead atoms. The van der Waals surface area contributed by atoms with Crippen LogP contribution in [0.1, 0.15) is 30.6 Å². The number of hydrogen-bond acceptors (Lipinski definition) is 4. The summed E-state index contributed by atoms with van der Waals surface area (Å²) in [6, 6.07) is 5.97. The number of likely N-dealkylation sites (tertiary alicyclic amines) is 1. The first-order valence-electron chi connectivity index (χ1n) is 6.97. The number of nitrogens with zero attached hydrogens (tertiary/aromatic N) is 2. The summed E-state index contributed by atoms with van der Waals surface area (Å²) in [5, 5.41) is 10.7. The van der Waals surface area contributed by atoms with Crippen LogP contribution < -0.4 is 0 Å². The second-order valence-electron chi connectivity index (χ2n) is 5.76. The molecule has 0 spiro atoms. The minimum absolute atomic E-state index is 0.0303. The van der Waals surface area contributed by atoms with E-state index in [1.165, 1.54) is 12.1 Å². The van der Waals surface area contributed by atoms with Gasteiger partial charge in [-0.1, -0.05) is 26.0 Å². The summed E-state index contributed by atoms with van der Waals surface area (Å²) in [7, 11) is 0. The predicted molar refractivity (Wildman–Crippen MR) is 76.8 cm³/mol. The second kappa shape index (κ2) is 6.13. The normalized spacial score (nSPS) is 19.4. The lowest BCUT2D eigenvalue weighted by atomic mass is 9.95. The van der Waals surface area contributed by atoms with Gasteiger partial charge in [-0.2, -0.15) is 0 Å². The van der Waals surface area contributed by atoms with E-state index >= 15 is 0 Å². The molecule has 0 aromatic heterocycles. The molecule has 1 aliphatic heterocycles. The summed E-state index contributed by atoms with van der Waals surface area (Å²) >= 11 is 0. The van der Waals surface area contributed by atoms with E-state index in [4.69, 9.17) is 0 Å². The highest BCUT2D eigenvalue weighted by Crippen LogP contribution is 2.24. The van der Waals surface area contributed by atoms with Crippen molar-refractivity contribution in [3.05, 3.63) is 39.9 Å². The van der Waals surface area contributed by atoms with Crippen LogP contribution in [0.4, 0.5) is 5.69 Å². The van der Waals surface area contributed by atoms with E-state index in [2.05, 4.69) is 18.7 Å². The van der Waals surface area contributed by atoms with Gasteiger partial charge in [0.2, 0.25) is 0 Å². The van der Waals surface area contributed by atoms with Crippen LogP contribution in [0.15, 0.2) is 24.3 Å². The van der Waals surface area contributed by atoms with Crippen LogP contribution in [-0.2, 0) is 0 Å². The van der Waals surface area contributed by atoms with Crippen molar-refractivity contribution in [2.45, 2.75) is 20.3 Å². The second-order valence-corrected chi connectivity index (χ2v) is 5.76. The molecule has 0 radical (unpaired) electrons. The summed E-state index contributed by atoms with van der Waals surface area (Å²) in [4.78, 5) is 24.6. The molecule has 20 heavy (non-hydrogen) atoms. The number of non-ortho nitro benzene ring substituents is 1. The van der Waals surface area contributed by atoms with Gasteiger partial charge in [-0.25, -0.2) is 0 Å². The molecule has 1 heterocycles. The van der Waals surface area contributed by atoms with Gasteiger partial charge in [0.15, 0.2) is 5.78 Å². The Kier molecular flexibility index (Phi) is 4.49. The Balaban J connectivity index is 1.99. The first-order chi connectivity index (χ1) is 9.47.